The van der Waals surface area contributed by atoms with Gasteiger partial charge in [-0.3, -0.25) is 19.4 Å². The molecule has 2 aromatic rings. The number of hydrogen-bond acceptors (Lipinski definition) is 5. The SMILES string of the molecule is COc1ccc(F)cc1CN1CCN(CC(=O)c2[nH]c(C)c(C(C)=O)c2C)CC1. The number of aromatic nitrogens is 1. The molecule has 29 heavy (non-hydrogen) atoms. The van der Waals surface area contributed by atoms with Gasteiger partial charge in [0.2, 0.25) is 0 Å². The highest BCUT2D eigenvalue weighted by Gasteiger charge is 2.24. The molecule has 1 saturated heterocycles. The van der Waals surface area contributed by atoms with Crippen LogP contribution in [0.1, 0.15) is 44.6 Å². The van der Waals surface area contributed by atoms with Crippen LogP contribution in [-0.4, -0.2) is 66.2 Å². The number of ether oxygens (including phenoxy) is 1. The van der Waals surface area contributed by atoms with Gasteiger partial charge in [0.1, 0.15) is 11.6 Å². The lowest BCUT2D eigenvalue weighted by Gasteiger charge is -2.34. The van der Waals surface area contributed by atoms with E-state index in [1.807, 2.05) is 13.8 Å². The molecule has 1 N–H and O–H groups in total. The van der Waals surface area contributed by atoms with E-state index in [-0.39, 0.29) is 17.4 Å². The minimum absolute atomic E-state index is 0.00153. The summed E-state index contributed by atoms with van der Waals surface area (Å²) in [4.78, 5) is 32.0. The Labute approximate surface area is 170 Å². The fourth-order valence-electron chi connectivity index (χ4n) is 4.06. The molecule has 6 nitrogen and oxygen atoms in total. The van der Waals surface area contributed by atoms with Crippen molar-refractivity contribution in [3.8, 4) is 5.75 Å². The van der Waals surface area contributed by atoms with Crippen molar-refractivity contribution < 1.29 is 18.7 Å². The molecular formula is C22H28FN3O3. The summed E-state index contributed by atoms with van der Waals surface area (Å²) in [5, 5.41) is 0. The fraction of sp³-hybridized carbons (Fsp3) is 0.455. The van der Waals surface area contributed by atoms with Crippen LogP contribution in [0.3, 0.4) is 0 Å². The Balaban J connectivity index is 1.58. The van der Waals surface area contributed by atoms with Gasteiger partial charge in [-0.2, -0.15) is 0 Å². The summed E-state index contributed by atoms with van der Waals surface area (Å²) in [6, 6.07) is 4.56. The largest absolute Gasteiger partial charge is 0.496 e. The number of carbonyl (C=O) groups excluding carboxylic acids is 2. The summed E-state index contributed by atoms with van der Waals surface area (Å²) in [5.74, 6) is 0.379. The maximum absolute atomic E-state index is 13.6. The number of carbonyl (C=O) groups is 2. The lowest BCUT2D eigenvalue weighted by atomic mass is 10.1. The van der Waals surface area contributed by atoms with Gasteiger partial charge in [0.05, 0.1) is 19.3 Å². The van der Waals surface area contributed by atoms with Crippen LogP contribution in [-0.2, 0) is 6.54 Å². The summed E-state index contributed by atoms with van der Waals surface area (Å²) in [5.41, 5.74) is 3.44. The standard InChI is InChI=1S/C22H28FN3O3/c1-14-21(16(3)27)15(2)24-22(14)19(28)13-26-9-7-25(8-10-26)12-17-11-18(23)5-6-20(17)29-4/h5-6,11,24H,7-10,12-13H2,1-4H3. The summed E-state index contributed by atoms with van der Waals surface area (Å²) < 4.78 is 18.9. The third-order valence-electron chi connectivity index (χ3n) is 5.54. The van der Waals surface area contributed by atoms with Gasteiger partial charge in [-0.25, -0.2) is 4.39 Å². The second kappa shape index (κ2) is 8.88. The van der Waals surface area contributed by atoms with Gasteiger partial charge in [0.15, 0.2) is 11.6 Å². The summed E-state index contributed by atoms with van der Waals surface area (Å²) in [6.07, 6.45) is 0. The van der Waals surface area contributed by atoms with Gasteiger partial charge in [-0.1, -0.05) is 0 Å². The van der Waals surface area contributed by atoms with Gasteiger partial charge < -0.3 is 9.72 Å². The van der Waals surface area contributed by atoms with Crippen LogP contribution >= 0.6 is 0 Å². The third-order valence-corrected chi connectivity index (χ3v) is 5.54. The number of halogens is 1. The summed E-state index contributed by atoms with van der Waals surface area (Å²) in [7, 11) is 1.59. The fourth-order valence-corrected chi connectivity index (χ4v) is 4.06. The first-order valence-corrected chi connectivity index (χ1v) is 9.80. The van der Waals surface area contributed by atoms with Crippen molar-refractivity contribution >= 4 is 11.6 Å². The Hall–Kier alpha value is -2.51. The Morgan fingerprint density at radius 1 is 1.14 bits per heavy atom. The van der Waals surface area contributed by atoms with Crippen LogP contribution in [0, 0.1) is 19.7 Å². The molecule has 0 bridgehead atoms. The molecule has 1 aromatic carbocycles. The third kappa shape index (κ3) is 4.74. The lowest BCUT2D eigenvalue weighted by Crippen LogP contribution is -2.47. The highest BCUT2D eigenvalue weighted by molar-refractivity contribution is 6.03. The molecule has 7 heteroatoms. The van der Waals surface area contributed by atoms with Crippen LogP contribution in [0.25, 0.3) is 0 Å². The van der Waals surface area contributed by atoms with E-state index in [0.29, 0.717) is 30.1 Å². The number of aromatic amines is 1. The highest BCUT2D eigenvalue weighted by Crippen LogP contribution is 2.22. The molecule has 156 valence electrons. The number of H-pyrrole nitrogens is 1. The van der Waals surface area contributed by atoms with E-state index in [1.54, 1.807) is 13.2 Å². The molecule has 1 aromatic heterocycles. The predicted molar refractivity (Wildman–Crippen MR) is 109 cm³/mol. The number of piperazine rings is 1. The van der Waals surface area contributed by atoms with E-state index in [2.05, 4.69) is 14.8 Å². The zero-order valence-electron chi connectivity index (χ0n) is 17.5. The number of nitrogens with one attached hydrogen (secondary N) is 1. The number of aryl methyl sites for hydroxylation is 1. The van der Waals surface area contributed by atoms with Gasteiger partial charge >= 0.3 is 0 Å². The zero-order valence-corrected chi connectivity index (χ0v) is 17.5. The maximum Gasteiger partial charge on any atom is 0.193 e. The number of rotatable bonds is 7. The molecule has 0 amide bonds. The summed E-state index contributed by atoms with van der Waals surface area (Å²) in [6.45, 7) is 9.16. The molecular weight excluding hydrogens is 373 g/mol. The topological polar surface area (TPSA) is 65.6 Å². The van der Waals surface area contributed by atoms with Crippen molar-refractivity contribution in [2.75, 3.05) is 39.8 Å². The Morgan fingerprint density at radius 3 is 2.38 bits per heavy atom. The lowest BCUT2D eigenvalue weighted by molar-refractivity contribution is 0.0838. The average molecular weight is 401 g/mol. The van der Waals surface area contributed by atoms with E-state index < -0.39 is 0 Å². The van der Waals surface area contributed by atoms with Gasteiger partial charge in [-0.15, -0.1) is 0 Å². The summed E-state index contributed by atoms with van der Waals surface area (Å²) >= 11 is 0. The molecule has 0 unspecified atom stereocenters. The van der Waals surface area contributed by atoms with Crippen LogP contribution in [0.5, 0.6) is 5.75 Å². The van der Waals surface area contributed by atoms with E-state index in [9.17, 15) is 14.0 Å². The molecule has 1 aliphatic heterocycles. The van der Waals surface area contributed by atoms with Crippen LogP contribution in [0.2, 0.25) is 0 Å². The molecule has 0 atom stereocenters. The van der Waals surface area contributed by atoms with E-state index in [0.717, 1.165) is 43.0 Å². The smallest absolute Gasteiger partial charge is 0.193 e. The van der Waals surface area contributed by atoms with Gasteiger partial charge in [0, 0.05) is 49.5 Å². The van der Waals surface area contributed by atoms with Crippen molar-refractivity contribution in [2.24, 2.45) is 0 Å². The van der Waals surface area contributed by atoms with Gasteiger partial charge in [-0.05, 0) is 44.5 Å². The Bertz CT molecular complexity index is 914. The van der Waals surface area contributed by atoms with E-state index in [4.69, 9.17) is 4.74 Å². The van der Waals surface area contributed by atoms with Crippen molar-refractivity contribution in [1.82, 2.24) is 14.8 Å². The van der Waals surface area contributed by atoms with Crippen molar-refractivity contribution in [2.45, 2.75) is 27.3 Å². The molecule has 0 aliphatic carbocycles. The number of benzene rings is 1. The first-order valence-electron chi connectivity index (χ1n) is 9.80. The Morgan fingerprint density at radius 2 is 1.79 bits per heavy atom. The molecule has 1 fully saturated rings. The maximum atomic E-state index is 13.6. The van der Waals surface area contributed by atoms with Crippen molar-refractivity contribution in [3.05, 3.63) is 52.1 Å². The highest BCUT2D eigenvalue weighted by atomic mass is 19.1. The molecule has 0 radical (unpaired) electrons. The number of nitrogens with zero attached hydrogens (tertiary/aromatic N) is 2. The molecule has 0 saturated carbocycles. The van der Waals surface area contributed by atoms with E-state index >= 15 is 0 Å². The molecule has 1 aliphatic rings. The monoisotopic (exact) mass is 401 g/mol. The second-order valence-electron chi connectivity index (χ2n) is 7.61. The zero-order chi connectivity index (χ0) is 21.1. The molecule has 3 rings (SSSR count). The quantitative estimate of drug-likeness (QED) is 0.723. The number of Topliss-reactive ketones (excluding diaryl/α,β-unsaturated/α-hetero) is 2. The first-order chi connectivity index (χ1) is 13.8. The second-order valence-corrected chi connectivity index (χ2v) is 7.61. The van der Waals surface area contributed by atoms with Crippen LogP contribution in [0.15, 0.2) is 18.2 Å². The van der Waals surface area contributed by atoms with E-state index in [1.165, 1.54) is 19.1 Å². The first kappa shape index (κ1) is 21.2. The molecule has 0 spiro atoms. The van der Waals surface area contributed by atoms with Crippen molar-refractivity contribution in [3.63, 3.8) is 0 Å². The van der Waals surface area contributed by atoms with Crippen LogP contribution in [0.4, 0.5) is 4.39 Å². The van der Waals surface area contributed by atoms with Crippen LogP contribution < -0.4 is 4.74 Å². The Kier molecular flexibility index (Phi) is 6.49. The minimum atomic E-state index is -0.272. The average Bonchev–Trinajstić information content (AvgIpc) is 2.98. The number of hydrogen-bond donors (Lipinski definition) is 1. The minimum Gasteiger partial charge on any atom is -0.496 e. The molecule has 2 heterocycles. The predicted octanol–water partition coefficient (Wildman–Crippen LogP) is 2.98. The van der Waals surface area contributed by atoms with Crippen molar-refractivity contribution in [1.29, 1.82) is 0 Å². The normalized spacial score (nSPS) is 15.5. The number of ketones is 2. The number of methoxy groups -OCH3 is 1. The van der Waals surface area contributed by atoms with Gasteiger partial charge in [0.25, 0.3) is 0 Å².